The summed E-state index contributed by atoms with van der Waals surface area (Å²) < 4.78 is 1.52. The van der Waals surface area contributed by atoms with E-state index in [1.807, 2.05) is 13.8 Å². The summed E-state index contributed by atoms with van der Waals surface area (Å²) in [7, 11) is 1.70. The van der Waals surface area contributed by atoms with E-state index in [4.69, 9.17) is 0 Å². The molecule has 3 amide bonds. The molecule has 2 aromatic rings. The summed E-state index contributed by atoms with van der Waals surface area (Å²) in [6, 6.07) is 2.43. The number of aromatic nitrogens is 3. The maximum absolute atomic E-state index is 12.8. The Balaban J connectivity index is 1.76. The van der Waals surface area contributed by atoms with E-state index in [0.717, 1.165) is 5.69 Å². The standard InChI is InChI=1S/C18H24N6O3/c1-4-20-16(25)15-8-13(10-24(15)18(27)12-5-6-19-9-12)21-17(26)14-7-11(2)22-23(14)3/h5-7,9,13,15,19H,4,8,10H2,1-3H3,(H,20,25)(H,21,26)/t13-,15-/m0/s1. The SMILES string of the molecule is CCNC(=O)[C@@H]1C[C@H](NC(=O)c2cc(C)nn2C)CN1C(=O)c1cc[nH]c1. The molecule has 3 heterocycles. The minimum Gasteiger partial charge on any atom is -0.367 e. The zero-order valence-electron chi connectivity index (χ0n) is 15.7. The van der Waals surface area contributed by atoms with E-state index in [1.54, 1.807) is 31.6 Å². The van der Waals surface area contributed by atoms with Crippen LogP contribution in [0.25, 0.3) is 0 Å². The molecule has 1 saturated heterocycles. The van der Waals surface area contributed by atoms with E-state index in [1.165, 1.54) is 9.58 Å². The number of hydrogen-bond acceptors (Lipinski definition) is 4. The molecule has 144 valence electrons. The van der Waals surface area contributed by atoms with Crippen molar-refractivity contribution in [2.75, 3.05) is 13.1 Å². The average molecular weight is 372 g/mol. The number of aryl methyl sites for hydroxylation is 2. The van der Waals surface area contributed by atoms with Crippen molar-refractivity contribution in [1.29, 1.82) is 0 Å². The molecule has 0 spiro atoms. The summed E-state index contributed by atoms with van der Waals surface area (Å²) in [6.45, 7) is 4.39. The highest BCUT2D eigenvalue weighted by molar-refractivity contribution is 5.98. The molecule has 0 radical (unpaired) electrons. The second-order valence-electron chi connectivity index (χ2n) is 6.67. The number of amides is 3. The zero-order valence-corrected chi connectivity index (χ0v) is 15.7. The molecule has 0 aromatic carbocycles. The molecule has 3 N–H and O–H groups in total. The van der Waals surface area contributed by atoms with Gasteiger partial charge in [0, 0.05) is 38.6 Å². The Kier molecular flexibility index (Phi) is 5.29. The van der Waals surface area contributed by atoms with Crippen LogP contribution in [0.2, 0.25) is 0 Å². The molecule has 9 nitrogen and oxygen atoms in total. The van der Waals surface area contributed by atoms with E-state index in [2.05, 4.69) is 20.7 Å². The van der Waals surface area contributed by atoms with Crippen LogP contribution in [0.5, 0.6) is 0 Å². The molecular weight excluding hydrogens is 348 g/mol. The van der Waals surface area contributed by atoms with E-state index in [0.29, 0.717) is 24.2 Å². The van der Waals surface area contributed by atoms with Crippen LogP contribution in [-0.4, -0.2) is 62.6 Å². The first-order valence-electron chi connectivity index (χ1n) is 8.93. The second-order valence-corrected chi connectivity index (χ2v) is 6.67. The molecular formula is C18H24N6O3. The van der Waals surface area contributed by atoms with Crippen molar-refractivity contribution in [2.24, 2.45) is 7.05 Å². The lowest BCUT2D eigenvalue weighted by Crippen LogP contribution is -2.45. The van der Waals surface area contributed by atoms with E-state index in [9.17, 15) is 14.4 Å². The van der Waals surface area contributed by atoms with Gasteiger partial charge in [0.05, 0.1) is 11.3 Å². The molecule has 1 aliphatic rings. The monoisotopic (exact) mass is 372 g/mol. The Morgan fingerprint density at radius 1 is 1.37 bits per heavy atom. The van der Waals surface area contributed by atoms with Crippen LogP contribution in [0.3, 0.4) is 0 Å². The number of aromatic amines is 1. The second kappa shape index (κ2) is 7.65. The lowest BCUT2D eigenvalue weighted by Gasteiger charge is -2.23. The van der Waals surface area contributed by atoms with Gasteiger partial charge in [0.15, 0.2) is 0 Å². The summed E-state index contributed by atoms with van der Waals surface area (Å²) in [4.78, 5) is 42.2. The zero-order chi connectivity index (χ0) is 19.6. The molecule has 1 fully saturated rings. The van der Waals surface area contributed by atoms with Crippen molar-refractivity contribution >= 4 is 17.7 Å². The van der Waals surface area contributed by atoms with E-state index >= 15 is 0 Å². The highest BCUT2D eigenvalue weighted by Crippen LogP contribution is 2.21. The molecule has 27 heavy (non-hydrogen) atoms. The third kappa shape index (κ3) is 3.86. The van der Waals surface area contributed by atoms with E-state index in [-0.39, 0.29) is 30.3 Å². The highest BCUT2D eigenvalue weighted by Gasteiger charge is 2.40. The van der Waals surface area contributed by atoms with Gasteiger partial charge in [-0.2, -0.15) is 5.10 Å². The van der Waals surface area contributed by atoms with Gasteiger partial charge < -0.3 is 20.5 Å². The van der Waals surface area contributed by atoms with Crippen LogP contribution in [0.4, 0.5) is 0 Å². The van der Waals surface area contributed by atoms with Crippen LogP contribution in [-0.2, 0) is 11.8 Å². The fourth-order valence-corrected chi connectivity index (χ4v) is 3.41. The van der Waals surface area contributed by atoms with E-state index < -0.39 is 6.04 Å². The van der Waals surface area contributed by atoms with Gasteiger partial charge in [-0.25, -0.2) is 0 Å². The van der Waals surface area contributed by atoms with Crippen molar-refractivity contribution in [3.05, 3.63) is 41.5 Å². The molecule has 0 aliphatic carbocycles. The summed E-state index contributed by atoms with van der Waals surface area (Å²) >= 11 is 0. The smallest absolute Gasteiger partial charge is 0.269 e. The van der Waals surface area contributed by atoms with Crippen LogP contribution in [0.15, 0.2) is 24.5 Å². The predicted octanol–water partition coefficient (Wildman–Crippen LogP) is 0.206. The topological polar surface area (TPSA) is 112 Å². The maximum Gasteiger partial charge on any atom is 0.269 e. The minimum absolute atomic E-state index is 0.213. The fourth-order valence-electron chi connectivity index (χ4n) is 3.41. The lowest BCUT2D eigenvalue weighted by molar-refractivity contribution is -0.124. The van der Waals surface area contributed by atoms with Crippen molar-refractivity contribution < 1.29 is 14.4 Å². The van der Waals surface area contributed by atoms with Gasteiger partial charge in [0.1, 0.15) is 11.7 Å². The van der Waals surface area contributed by atoms with Crippen molar-refractivity contribution in [2.45, 2.75) is 32.4 Å². The minimum atomic E-state index is -0.620. The van der Waals surface area contributed by atoms with Crippen molar-refractivity contribution in [1.82, 2.24) is 30.3 Å². The number of nitrogens with one attached hydrogen (secondary N) is 3. The lowest BCUT2D eigenvalue weighted by atomic mass is 10.1. The van der Waals surface area contributed by atoms with Gasteiger partial charge in [-0.3, -0.25) is 19.1 Å². The first kappa shape index (κ1) is 18.7. The van der Waals surface area contributed by atoms with Crippen molar-refractivity contribution in [3.63, 3.8) is 0 Å². The van der Waals surface area contributed by atoms with Crippen LogP contribution in [0, 0.1) is 6.92 Å². The Morgan fingerprint density at radius 3 is 2.74 bits per heavy atom. The highest BCUT2D eigenvalue weighted by atomic mass is 16.2. The number of likely N-dealkylation sites (N-methyl/N-ethyl adjacent to an activating group) is 1. The number of carbonyl (C=O) groups excluding carboxylic acids is 3. The molecule has 0 saturated carbocycles. The summed E-state index contributed by atoms with van der Waals surface area (Å²) in [5.41, 5.74) is 1.68. The quantitative estimate of drug-likeness (QED) is 0.696. The van der Waals surface area contributed by atoms with Gasteiger partial charge >= 0.3 is 0 Å². The fraction of sp³-hybridized carbons (Fsp3) is 0.444. The summed E-state index contributed by atoms with van der Waals surface area (Å²) in [5.74, 6) is -0.719. The van der Waals surface area contributed by atoms with Gasteiger partial charge in [0.2, 0.25) is 5.91 Å². The third-order valence-corrected chi connectivity index (χ3v) is 4.63. The van der Waals surface area contributed by atoms with Crippen molar-refractivity contribution in [3.8, 4) is 0 Å². The van der Waals surface area contributed by atoms with Crippen LogP contribution >= 0.6 is 0 Å². The number of rotatable bonds is 5. The molecule has 3 rings (SSSR count). The Morgan fingerprint density at radius 2 is 2.15 bits per heavy atom. The predicted molar refractivity (Wildman–Crippen MR) is 98.1 cm³/mol. The third-order valence-electron chi connectivity index (χ3n) is 4.63. The van der Waals surface area contributed by atoms with Crippen LogP contribution in [0.1, 0.15) is 39.9 Å². The molecule has 0 unspecified atom stereocenters. The number of carbonyl (C=O) groups is 3. The molecule has 2 aromatic heterocycles. The molecule has 1 aliphatic heterocycles. The maximum atomic E-state index is 12.8. The number of likely N-dealkylation sites (tertiary alicyclic amines) is 1. The Bertz CT molecular complexity index is 841. The molecule has 0 bridgehead atoms. The average Bonchev–Trinajstić information content (AvgIpc) is 3.34. The van der Waals surface area contributed by atoms with Gasteiger partial charge in [-0.1, -0.05) is 0 Å². The molecule has 2 atom stereocenters. The van der Waals surface area contributed by atoms with Crippen LogP contribution < -0.4 is 10.6 Å². The number of H-pyrrole nitrogens is 1. The first-order chi connectivity index (χ1) is 12.9. The largest absolute Gasteiger partial charge is 0.367 e. The number of hydrogen-bond donors (Lipinski definition) is 3. The number of nitrogens with zero attached hydrogens (tertiary/aromatic N) is 3. The summed E-state index contributed by atoms with van der Waals surface area (Å²) in [5, 5.41) is 9.87. The first-order valence-corrected chi connectivity index (χ1v) is 8.93. The van der Waals surface area contributed by atoms with Gasteiger partial charge in [-0.05, 0) is 32.4 Å². The summed E-state index contributed by atoms with van der Waals surface area (Å²) in [6.07, 6.45) is 3.63. The molecule has 9 heteroatoms. The van der Waals surface area contributed by atoms with Gasteiger partial charge in [-0.15, -0.1) is 0 Å². The normalized spacial score (nSPS) is 19.1. The van der Waals surface area contributed by atoms with Gasteiger partial charge in [0.25, 0.3) is 11.8 Å². The Labute approximate surface area is 157 Å². The Hall–Kier alpha value is -3.10.